The summed E-state index contributed by atoms with van der Waals surface area (Å²) in [7, 11) is 0. The molecule has 0 aromatic heterocycles. The van der Waals surface area contributed by atoms with Gasteiger partial charge in [0.1, 0.15) is 0 Å². The van der Waals surface area contributed by atoms with Crippen molar-refractivity contribution in [1.29, 1.82) is 0 Å². The van der Waals surface area contributed by atoms with E-state index < -0.39 is 46.2 Å². The summed E-state index contributed by atoms with van der Waals surface area (Å²) in [5, 5.41) is -1.14. The Kier molecular flexibility index (Phi) is 8.25. The predicted octanol–water partition coefficient (Wildman–Crippen LogP) is 3.71. The van der Waals surface area contributed by atoms with Gasteiger partial charge in [-0.2, -0.15) is 0 Å². The Balaban J connectivity index is 2.02. The number of thioether (sulfide) groups is 1. The molecule has 2 amide bonds. The first-order chi connectivity index (χ1) is 18.2. The Labute approximate surface area is 225 Å². The first kappa shape index (κ1) is 27.8. The number of hydrogen-bond donors (Lipinski definition) is 0. The second-order valence-electron chi connectivity index (χ2n) is 9.40. The molecule has 0 aliphatic carbocycles. The Morgan fingerprint density at radius 2 is 1.37 bits per heavy atom. The quantitative estimate of drug-likeness (QED) is 0.192. The van der Waals surface area contributed by atoms with E-state index in [2.05, 4.69) is 0 Å². The highest BCUT2D eigenvalue weighted by Gasteiger charge is 2.69. The number of hydrogen-bond acceptors (Lipinski definition) is 9. The van der Waals surface area contributed by atoms with Crippen molar-refractivity contribution in [2.45, 2.75) is 49.7 Å². The molecule has 2 aromatic carbocycles. The highest BCUT2D eigenvalue weighted by molar-refractivity contribution is 8.00. The molecule has 4 rings (SSSR count). The third-order valence-corrected chi connectivity index (χ3v) is 8.33. The fourth-order valence-electron chi connectivity index (χ4n) is 4.91. The number of carbonyl (C=O) groups is 4. The molecule has 1 fully saturated rings. The molecule has 0 spiro atoms. The number of amides is 2. The van der Waals surface area contributed by atoms with Crippen LogP contribution < -0.4 is 0 Å². The fourth-order valence-corrected chi connectivity index (χ4v) is 6.38. The van der Waals surface area contributed by atoms with Crippen LogP contribution in [0.4, 0.5) is 0 Å². The first-order valence-electron chi connectivity index (χ1n) is 12.5. The molecule has 1 saturated heterocycles. The second-order valence-corrected chi connectivity index (χ2v) is 10.6. The molecule has 0 N–H and O–H groups in total. The summed E-state index contributed by atoms with van der Waals surface area (Å²) >= 11 is 1.16. The summed E-state index contributed by atoms with van der Waals surface area (Å²) < 4.78 is 22.7. The van der Waals surface area contributed by atoms with Crippen LogP contribution in [0.2, 0.25) is 0 Å². The van der Waals surface area contributed by atoms with Gasteiger partial charge in [0.2, 0.25) is 0 Å². The molecule has 2 aromatic rings. The molecule has 2 aliphatic heterocycles. The number of ether oxygens (including phenoxy) is 4. The summed E-state index contributed by atoms with van der Waals surface area (Å²) in [6.07, 6.45) is -0.845. The summed E-state index contributed by atoms with van der Waals surface area (Å²) in [6, 6.07) is 15.3. The maximum absolute atomic E-state index is 14.1. The zero-order valence-corrected chi connectivity index (χ0v) is 22.6. The van der Waals surface area contributed by atoms with Crippen molar-refractivity contribution >= 4 is 35.5 Å². The van der Waals surface area contributed by atoms with E-state index in [1.54, 1.807) is 39.8 Å². The smallest absolute Gasteiger partial charge is 0.345 e. The number of benzene rings is 2. The molecule has 0 saturated carbocycles. The molecule has 38 heavy (non-hydrogen) atoms. The van der Waals surface area contributed by atoms with Crippen molar-refractivity contribution < 1.29 is 38.1 Å². The van der Waals surface area contributed by atoms with Gasteiger partial charge in [-0.1, -0.05) is 44.2 Å². The van der Waals surface area contributed by atoms with Crippen molar-refractivity contribution in [3.63, 3.8) is 0 Å². The zero-order valence-electron chi connectivity index (χ0n) is 21.8. The van der Waals surface area contributed by atoms with Crippen LogP contribution in [0.25, 0.3) is 0 Å². The summed E-state index contributed by atoms with van der Waals surface area (Å²) in [5.41, 5.74) is -3.44. The lowest BCUT2D eigenvalue weighted by Gasteiger charge is -2.48. The van der Waals surface area contributed by atoms with Gasteiger partial charge < -0.3 is 18.9 Å². The lowest BCUT2D eigenvalue weighted by Crippen LogP contribution is -2.72. The van der Waals surface area contributed by atoms with Gasteiger partial charge in [0.15, 0.2) is 6.29 Å². The topological polar surface area (TPSA) is 108 Å². The van der Waals surface area contributed by atoms with Crippen LogP contribution in [0.5, 0.6) is 0 Å². The monoisotopic (exact) mass is 541 g/mol. The Morgan fingerprint density at radius 3 is 1.84 bits per heavy atom. The lowest BCUT2D eigenvalue weighted by atomic mass is 9.75. The number of nitrogens with zero attached hydrogens (tertiary/aromatic N) is 1. The average Bonchev–Trinajstić information content (AvgIpc) is 3.54. The molecule has 1 unspecified atom stereocenters. The largest absolute Gasteiger partial charge is 0.464 e. The maximum Gasteiger partial charge on any atom is 0.345 e. The Bertz CT molecular complexity index is 1160. The molecule has 2 aliphatic rings. The minimum Gasteiger partial charge on any atom is -0.464 e. The molecular weight excluding hydrogens is 510 g/mol. The van der Waals surface area contributed by atoms with Gasteiger partial charge in [0.05, 0.1) is 42.8 Å². The van der Waals surface area contributed by atoms with Gasteiger partial charge in [0.25, 0.3) is 17.4 Å². The van der Waals surface area contributed by atoms with Gasteiger partial charge >= 0.3 is 11.9 Å². The zero-order chi connectivity index (χ0) is 27.5. The van der Waals surface area contributed by atoms with Crippen molar-refractivity contribution in [2.24, 2.45) is 5.41 Å². The standard InChI is InChI=1S/C28H31NO8S/c1-5-34-24(32)28(25(33)35-6-2,29-21(30)19-14-10-11-15-20(19)22(29)31)23(38-18-12-8-7-9-13-18)27(3,4)26-36-16-17-37-26/h7-15,23,26H,5-6,16-17H2,1-4H3. The Hall–Kier alpha value is -3.21. The molecule has 0 bridgehead atoms. The van der Waals surface area contributed by atoms with Gasteiger partial charge in [-0.25, -0.2) is 14.5 Å². The minimum atomic E-state index is -2.50. The molecule has 0 radical (unpaired) electrons. The van der Waals surface area contributed by atoms with E-state index >= 15 is 0 Å². The SMILES string of the molecule is CCOC(=O)C(C(=O)OCC)(C(Sc1ccccc1)C(C)(C)C1OCCO1)N1C(=O)c2ccccc2C1=O. The van der Waals surface area contributed by atoms with Crippen LogP contribution in [0.3, 0.4) is 0 Å². The molecular formula is C28H31NO8S. The van der Waals surface area contributed by atoms with Gasteiger partial charge in [0, 0.05) is 10.3 Å². The van der Waals surface area contributed by atoms with E-state index in [9.17, 15) is 19.2 Å². The number of esters is 2. The van der Waals surface area contributed by atoms with Crippen LogP contribution in [-0.4, -0.2) is 72.2 Å². The molecule has 202 valence electrons. The summed E-state index contributed by atoms with van der Waals surface area (Å²) in [5.74, 6) is -3.69. The third kappa shape index (κ3) is 4.61. The van der Waals surface area contributed by atoms with Crippen molar-refractivity contribution in [2.75, 3.05) is 26.4 Å². The van der Waals surface area contributed by atoms with E-state index in [4.69, 9.17) is 18.9 Å². The van der Waals surface area contributed by atoms with E-state index in [1.807, 2.05) is 30.3 Å². The predicted molar refractivity (Wildman–Crippen MR) is 138 cm³/mol. The molecule has 10 heteroatoms. The molecule has 1 atom stereocenters. The van der Waals surface area contributed by atoms with Gasteiger partial charge in [-0.3, -0.25) is 9.59 Å². The number of imide groups is 1. The molecule has 2 heterocycles. The van der Waals surface area contributed by atoms with Crippen molar-refractivity contribution in [1.82, 2.24) is 4.90 Å². The number of carbonyl (C=O) groups excluding carboxylic acids is 4. The molecule has 9 nitrogen and oxygen atoms in total. The van der Waals surface area contributed by atoms with Gasteiger partial charge in [-0.05, 0) is 38.1 Å². The van der Waals surface area contributed by atoms with Crippen LogP contribution >= 0.6 is 11.8 Å². The van der Waals surface area contributed by atoms with Crippen LogP contribution in [0, 0.1) is 5.41 Å². The highest BCUT2D eigenvalue weighted by Crippen LogP contribution is 2.50. The second kappa shape index (κ2) is 11.3. The minimum absolute atomic E-state index is 0.0881. The van der Waals surface area contributed by atoms with Crippen LogP contribution in [-0.2, 0) is 28.5 Å². The van der Waals surface area contributed by atoms with Crippen molar-refractivity contribution in [3.8, 4) is 0 Å². The van der Waals surface area contributed by atoms with Crippen LogP contribution in [0.15, 0.2) is 59.5 Å². The van der Waals surface area contributed by atoms with E-state index in [0.717, 1.165) is 16.7 Å². The van der Waals surface area contributed by atoms with Gasteiger partial charge in [-0.15, -0.1) is 11.8 Å². The highest BCUT2D eigenvalue weighted by atomic mass is 32.2. The summed E-state index contributed by atoms with van der Waals surface area (Å²) in [6.45, 7) is 7.16. The first-order valence-corrected chi connectivity index (χ1v) is 13.4. The number of fused-ring (bicyclic) bond motifs is 1. The van der Waals surface area contributed by atoms with E-state index in [1.165, 1.54) is 12.1 Å². The number of rotatable bonds is 10. The van der Waals surface area contributed by atoms with Crippen LogP contribution in [0.1, 0.15) is 48.4 Å². The van der Waals surface area contributed by atoms with E-state index in [0.29, 0.717) is 18.1 Å². The van der Waals surface area contributed by atoms with E-state index in [-0.39, 0.29) is 24.3 Å². The Morgan fingerprint density at radius 1 is 0.895 bits per heavy atom. The normalized spacial score (nSPS) is 16.9. The fraction of sp³-hybridized carbons (Fsp3) is 0.429. The summed E-state index contributed by atoms with van der Waals surface area (Å²) in [4.78, 5) is 57.5. The third-order valence-electron chi connectivity index (χ3n) is 6.60. The maximum atomic E-state index is 14.1. The lowest BCUT2D eigenvalue weighted by molar-refractivity contribution is -0.179. The van der Waals surface area contributed by atoms with Crippen molar-refractivity contribution in [3.05, 3.63) is 65.7 Å². The average molecular weight is 542 g/mol.